The van der Waals surface area contributed by atoms with E-state index >= 15 is 0 Å². The number of hydrogen-bond donors (Lipinski definition) is 1. The molecule has 0 aliphatic carbocycles. The molecule has 1 fully saturated rings. The van der Waals surface area contributed by atoms with Crippen LogP contribution in [0.3, 0.4) is 0 Å². The first kappa shape index (κ1) is 19.6. The zero-order chi connectivity index (χ0) is 20.4. The third-order valence-corrected chi connectivity index (χ3v) is 5.61. The molecule has 7 nitrogen and oxygen atoms in total. The molecular formula is C21H25ClN6O. The summed E-state index contributed by atoms with van der Waals surface area (Å²) in [7, 11) is 0. The Morgan fingerprint density at radius 2 is 1.86 bits per heavy atom. The molecule has 3 aromatic rings. The predicted octanol–water partition coefficient (Wildman–Crippen LogP) is 3.43. The van der Waals surface area contributed by atoms with Gasteiger partial charge in [-0.1, -0.05) is 37.6 Å². The van der Waals surface area contributed by atoms with Crippen molar-refractivity contribution in [1.29, 1.82) is 0 Å². The van der Waals surface area contributed by atoms with Gasteiger partial charge in [0.1, 0.15) is 5.82 Å². The van der Waals surface area contributed by atoms with Gasteiger partial charge >= 0.3 is 0 Å². The van der Waals surface area contributed by atoms with Crippen molar-refractivity contribution in [2.24, 2.45) is 5.92 Å². The normalized spacial score (nSPS) is 15.2. The fourth-order valence-electron chi connectivity index (χ4n) is 3.63. The van der Waals surface area contributed by atoms with E-state index in [0.29, 0.717) is 11.6 Å². The Kier molecular flexibility index (Phi) is 5.67. The molecule has 1 N–H and O–H groups in total. The first-order valence-corrected chi connectivity index (χ1v) is 10.4. The van der Waals surface area contributed by atoms with E-state index in [0.717, 1.165) is 48.8 Å². The van der Waals surface area contributed by atoms with E-state index in [9.17, 15) is 4.79 Å². The van der Waals surface area contributed by atoms with E-state index < -0.39 is 0 Å². The summed E-state index contributed by atoms with van der Waals surface area (Å²) in [5.41, 5.74) is 1.81. The number of nitrogens with one attached hydrogen (secondary N) is 1. The Balaban J connectivity index is 1.35. The van der Waals surface area contributed by atoms with Crippen molar-refractivity contribution in [3.8, 4) is 0 Å². The van der Waals surface area contributed by atoms with Gasteiger partial charge in [0.25, 0.3) is 0 Å². The average molecular weight is 413 g/mol. The van der Waals surface area contributed by atoms with E-state index in [-0.39, 0.29) is 17.7 Å². The smallest absolute Gasteiger partial charge is 0.223 e. The van der Waals surface area contributed by atoms with Crippen LogP contribution in [0.4, 0.5) is 5.82 Å². The van der Waals surface area contributed by atoms with Gasteiger partial charge in [-0.25, -0.2) is 0 Å². The minimum atomic E-state index is 0.0309. The molecule has 0 saturated carbocycles. The van der Waals surface area contributed by atoms with Crippen LogP contribution in [0.5, 0.6) is 0 Å². The number of amides is 1. The summed E-state index contributed by atoms with van der Waals surface area (Å²) in [5, 5.41) is 16.9. The summed E-state index contributed by atoms with van der Waals surface area (Å²) in [6.45, 7) is 6.30. The molecule has 0 bridgehead atoms. The summed E-state index contributed by atoms with van der Waals surface area (Å²) in [6.07, 6.45) is 1.62. The molecule has 0 atom stereocenters. The van der Waals surface area contributed by atoms with Gasteiger partial charge in [0.05, 0.1) is 0 Å². The third kappa shape index (κ3) is 4.34. The summed E-state index contributed by atoms with van der Waals surface area (Å²) in [4.78, 5) is 14.8. The molecule has 3 heterocycles. The van der Waals surface area contributed by atoms with Crippen LogP contribution in [0.1, 0.15) is 44.0 Å². The van der Waals surface area contributed by atoms with Crippen LogP contribution in [0.15, 0.2) is 36.4 Å². The fourth-order valence-corrected chi connectivity index (χ4v) is 3.76. The van der Waals surface area contributed by atoms with Crippen molar-refractivity contribution in [3.05, 3.63) is 52.8 Å². The molecule has 1 aliphatic heterocycles. The van der Waals surface area contributed by atoms with Crippen LogP contribution in [0.2, 0.25) is 5.02 Å². The van der Waals surface area contributed by atoms with E-state index in [1.54, 1.807) is 0 Å². The Bertz CT molecular complexity index is 992. The molecular weight excluding hydrogens is 388 g/mol. The van der Waals surface area contributed by atoms with Crippen LogP contribution in [-0.4, -0.2) is 38.8 Å². The number of piperidine rings is 1. The number of benzene rings is 1. The van der Waals surface area contributed by atoms with E-state index in [1.165, 1.54) is 0 Å². The number of aromatic nitrogens is 4. The second kappa shape index (κ2) is 8.37. The second-order valence-corrected chi connectivity index (χ2v) is 8.22. The number of carbonyl (C=O) groups excluding carboxylic acids is 1. The number of nitrogens with zero attached hydrogens (tertiary/aromatic N) is 5. The Morgan fingerprint density at radius 1 is 1.14 bits per heavy atom. The molecule has 1 aliphatic rings. The third-order valence-electron chi connectivity index (χ3n) is 5.36. The number of anilines is 1. The van der Waals surface area contributed by atoms with Crippen molar-refractivity contribution in [1.82, 2.24) is 25.1 Å². The monoisotopic (exact) mass is 412 g/mol. The van der Waals surface area contributed by atoms with Gasteiger partial charge in [-0.3, -0.25) is 4.79 Å². The number of rotatable bonds is 5. The van der Waals surface area contributed by atoms with Crippen molar-refractivity contribution >= 4 is 29.0 Å². The maximum absolute atomic E-state index is 12.5. The number of halogens is 1. The van der Waals surface area contributed by atoms with E-state index in [4.69, 9.17) is 16.7 Å². The summed E-state index contributed by atoms with van der Waals surface area (Å²) in [6, 6.07) is 11.5. The van der Waals surface area contributed by atoms with Crippen molar-refractivity contribution in [3.63, 3.8) is 0 Å². The molecule has 1 aromatic carbocycles. The van der Waals surface area contributed by atoms with Crippen molar-refractivity contribution < 1.29 is 4.79 Å². The molecule has 0 spiro atoms. The standard InChI is InChI=1S/C21H25ClN6O/c1-14(2)20-25-24-18-7-8-19(26-28(18)20)27-11-9-16(10-12-27)21(29)23-13-15-3-5-17(22)6-4-15/h3-8,14,16H,9-13H2,1-2H3,(H,23,29). The lowest BCUT2D eigenvalue weighted by Gasteiger charge is -2.32. The molecule has 4 rings (SSSR count). The predicted molar refractivity (Wildman–Crippen MR) is 113 cm³/mol. The number of hydrogen-bond acceptors (Lipinski definition) is 5. The maximum atomic E-state index is 12.5. The average Bonchev–Trinajstić information content (AvgIpc) is 3.17. The fraction of sp³-hybridized carbons (Fsp3) is 0.429. The SMILES string of the molecule is CC(C)c1nnc2ccc(N3CCC(C(=O)NCc4ccc(Cl)cc4)CC3)nn12. The lowest BCUT2D eigenvalue weighted by Crippen LogP contribution is -2.40. The highest BCUT2D eigenvalue weighted by Crippen LogP contribution is 2.23. The lowest BCUT2D eigenvalue weighted by molar-refractivity contribution is -0.125. The summed E-state index contributed by atoms with van der Waals surface area (Å²) >= 11 is 5.90. The quantitative estimate of drug-likeness (QED) is 0.694. The highest BCUT2D eigenvalue weighted by atomic mass is 35.5. The molecule has 0 radical (unpaired) electrons. The Hall–Kier alpha value is -2.67. The molecule has 1 saturated heterocycles. The van der Waals surface area contributed by atoms with Crippen LogP contribution in [0, 0.1) is 5.92 Å². The number of fused-ring (bicyclic) bond motifs is 1. The van der Waals surface area contributed by atoms with Crippen LogP contribution in [0.25, 0.3) is 5.65 Å². The summed E-state index contributed by atoms with van der Waals surface area (Å²) < 4.78 is 1.82. The van der Waals surface area contributed by atoms with Crippen LogP contribution >= 0.6 is 11.6 Å². The first-order chi connectivity index (χ1) is 14.0. The van der Waals surface area contributed by atoms with E-state index in [2.05, 4.69) is 34.3 Å². The summed E-state index contributed by atoms with van der Waals surface area (Å²) in [5.74, 6) is 2.16. The maximum Gasteiger partial charge on any atom is 0.223 e. The number of carbonyl (C=O) groups is 1. The zero-order valence-electron chi connectivity index (χ0n) is 16.7. The topological polar surface area (TPSA) is 75.4 Å². The molecule has 2 aromatic heterocycles. The van der Waals surface area contributed by atoms with Gasteiger partial charge in [-0.05, 0) is 42.7 Å². The second-order valence-electron chi connectivity index (χ2n) is 7.78. The zero-order valence-corrected chi connectivity index (χ0v) is 17.4. The van der Waals surface area contributed by atoms with Crippen LogP contribution in [-0.2, 0) is 11.3 Å². The van der Waals surface area contributed by atoms with Crippen molar-refractivity contribution in [2.45, 2.75) is 39.2 Å². The Labute approximate surface area is 175 Å². The van der Waals surface area contributed by atoms with Gasteiger partial charge in [0.15, 0.2) is 11.5 Å². The van der Waals surface area contributed by atoms with E-state index in [1.807, 2.05) is 40.9 Å². The largest absolute Gasteiger partial charge is 0.355 e. The highest BCUT2D eigenvalue weighted by molar-refractivity contribution is 6.30. The minimum absolute atomic E-state index is 0.0309. The first-order valence-electron chi connectivity index (χ1n) is 10.0. The van der Waals surface area contributed by atoms with Gasteiger partial charge in [0, 0.05) is 36.5 Å². The van der Waals surface area contributed by atoms with Gasteiger partial charge in [-0.2, -0.15) is 4.52 Å². The molecule has 8 heteroatoms. The van der Waals surface area contributed by atoms with Crippen molar-refractivity contribution in [2.75, 3.05) is 18.0 Å². The van der Waals surface area contributed by atoms with Gasteiger partial charge in [0.2, 0.25) is 5.91 Å². The Morgan fingerprint density at radius 3 is 2.55 bits per heavy atom. The molecule has 152 valence electrons. The van der Waals surface area contributed by atoms with Gasteiger partial charge in [-0.15, -0.1) is 15.3 Å². The minimum Gasteiger partial charge on any atom is -0.355 e. The van der Waals surface area contributed by atoms with Crippen LogP contribution < -0.4 is 10.2 Å². The van der Waals surface area contributed by atoms with Gasteiger partial charge < -0.3 is 10.2 Å². The molecule has 0 unspecified atom stereocenters. The lowest BCUT2D eigenvalue weighted by atomic mass is 9.96. The molecule has 1 amide bonds. The molecule has 29 heavy (non-hydrogen) atoms. The highest BCUT2D eigenvalue weighted by Gasteiger charge is 2.26.